The molecular formula is C12H10N4O4S. The molecule has 108 valence electrons. The molecule has 1 heterocycles. The lowest BCUT2D eigenvalue weighted by molar-refractivity contribution is -0.384. The van der Waals surface area contributed by atoms with Gasteiger partial charge in [-0.05, 0) is 30.4 Å². The Morgan fingerprint density at radius 3 is 2.90 bits per heavy atom. The molecule has 4 N–H and O–H groups in total. The monoisotopic (exact) mass is 306 g/mol. The first-order valence-corrected chi connectivity index (χ1v) is 6.04. The Balaban J connectivity index is 2.29. The molecular weight excluding hydrogens is 296 g/mol. The third-order valence-corrected chi connectivity index (χ3v) is 2.54. The highest BCUT2D eigenvalue weighted by Gasteiger charge is 2.14. The van der Waals surface area contributed by atoms with Crippen molar-refractivity contribution in [2.75, 3.05) is 0 Å². The minimum atomic E-state index is -0.555. The number of hydrazone groups is 1. The van der Waals surface area contributed by atoms with Crippen LogP contribution in [0.1, 0.15) is 5.76 Å². The Kier molecular flexibility index (Phi) is 4.14. The van der Waals surface area contributed by atoms with Gasteiger partial charge in [-0.25, -0.2) is 0 Å². The van der Waals surface area contributed by atoms with E-state index in [1.54, 1.807) is 12.1 Å². The molecule has 0 saturated heterocycles. The molecule has 2 aromatic rings. The Labute approximate surface area is 124 Å². The van der Waals surface area contributed by atoms with Crippen molar-refractivity contribution < 1.29 is 14.4 Å². The van der Waals surface area contributed by atoms with Gasteiger partial charge in [0.25, 0.3) is 5.69 Å². The van der Waals surface area contributed by atoms with Crippen LogP contribution in [0.15, 0.2) is 39.9 Å². The second kappa shape index (κ2) is 6.01. The minimum Gasteiger partial charge on any atom is -0.507 e. The van der Waals surface area contributed by atoms with Crippen LogP contribution < -0.4 is 11.2 Å². The molecule has 0 saturated carbocycles. The first-order chi connectivity index (χ1) is 9.97. The first-order valence-electron chi connectivity index (χ1n) is 5.63. The van der Waals surface area contributed by atoms with Crippen molar-refractivity contribution in [2.24, 2.45) is 10.8 Å². The SMILES string of the molecule is NC(=S)N/N=C\c1ccc(-c2cc([N+](=O)[O-])ccc2O)o1. The van der Waals surface area contributed by atoms with Crippen LogP contribution >= 0.6 is 12.2 Å². The third-order valence-electron chi connectivity index (χ3n) is 2.45. The number of hydrogen-bond donors (Lipinski definition) is 3. The molecule has 1 aromatic heterocycles. The van der Waals surface area contributed by atoms with Gasteiger partial charge in [0.15, 0.2) is 5.11 Å². The number of nitrogens with two attached hydrogens (primary N) is 1. The second-order valence-electron chi connectivity index (χ2n) is 3.89. The number of nitrogens with zero attached hydrogens (tertiary/aromatic N) is 2. The maximum absolute atomic E-state index is 10.7. The number of phenolic OH excluding ortho intramolecular Hbond substituents is 1. The molecule has 8 nitrogen and oxygen atoms in total. The van der Waals surface area contributed by atoms with E-state index in [0.29, 0.717) is 5.76 Å². The number of thiocarbonyl (C=S) groups is 1. The van der Waals surface area contributed by atoms with Crippen molar-refractivity contribution in [3.05, 3.63) is 46.2 Å². The number of nitrogens with one attached hydrogen (secondary N) is 1. The van der Waals surface area contributed by atoms with Crippen LogP contribution in [0.2, 0.25) is 0 Å². The first kappa shape index (κ1) is 14.5. The average Bonchev–Trinajstić information content (AvgIpc) is 2.87. The maximum Gasteiger partial charge on any atom is 0.270 e. The van der Waals surface area contributed by atoms with Crippen molar-refractivity contribution in [1.82, 2.24) is 5.43 Å². The smallest absolute Gasteiger partial charge is 0.270 e. The number of phenols is 1. The van der Waals surface area contributed by atoms with Gasteiger partial charge >= 0.3 is 0 Å². The number of aromatic hydroxyl groups is 1. The molecule has 0 unspecified atom stereocenters. The summed E-state index contributed by atoms with van der Waals surface area (Å²) in [4.78, 5) is 10.2. The summed E-state index contributed by atoms with van der Waals surface area (Å²) in [7, 11) is 0. The molecule has 0 bridgehead atoms. The predicted molar refractivity (Wildman–Crippen MR) is 80.0 cm³/mol. The van der Waals surface area contributed by atoms with Gasteiger partial charge in [-0.2, -0.15) is 5.10 Å². The summed E-state index contributed by atoms with van der Waals surface area (Å²) < 4.78 is 5.41. The quantitative estimate of drug-likeness (QED) is 0.339. The summed E-state index contributed by atoms with van der Waals surface area (Å²) in [6, 6.07) is 6.80. The molecule has 2 rings (SSSR count). The second-order valence-corrected chi connectivity index (χ2v) is 4.33. The Bertz CT molecular complexity index is 726. The summed E-state index contributed by atoms with van der Waals surface area (Å²) in [5, 5.41) is 24.2. The predicted octanol–water partition coefficient (Wildman–Crippen LogP) is 1.73. The number of benzene rings is 1. The highest BCUT2D eigenvalue weighted by atomic mass is 32.1. The van der Waals surface area contributed by atoms with Gasteiger partial charge in [-0.15, -0.1) is 0 Å². The summed E-state index contributed by atoms with van der Waals surface area (Å²) in [6.45, 7) is 0. The van der Waals surface area contributed by atoms with Gasteiger partial charge in [-0.3, -0.25) is 15.5 Å². The largest absolute Gasteiger partial charge is 0.507 e. The van der Waals surface area contributed by atoms with E-state index in [1.165, 1.54) is 24.4 Å². The zero-order chi connectivity index (χ0) is 15.4. The van der Waals surface area contributed by atoms with E-state index < -0.39 is 4.92 Å². The molecule has 0 spiro atoms. The van der Waals surface area contributed by atoms with Crippen LogP contribution in [0, 0.1) is 10.1 Å². The molecule has 0 radical (unpaired) electrons. The molecule has 0 aliphatic rings. The van der Waals surface area contributed by atoms with Gasteiger partial charge in [-0.1, -0.05) is 0 Å². The van der Waals surface area contributed by atoms with Crippen LogP contribution in [0.4, 0.5) is 5.69 Å². The molecule has 0 amide bonds. The molecule has 0 aliphatic heterocycles. The van der Waals surface area contributed by atoms with Crippen LogP contribution in [-0.4, -0.2) is 21.4 Å². The summed E-state index contributed by atoms with van der Waals surface area (Å²) in [5.41, 5.74) is 7.62. The number of non-ortho nitro benzene ring substituents is 1. The highest BCUT2D eigenvalue weighted by Crippen LogP contribution is 2.33. The minimum absolute atomic E-state index is 0.00867. The van der Waals surface area contributed by atoms with E-state index in [-0.39, 0.29) is 27.9 Å². The van der Waals surface area contributed by atoms with E-state index in [9.17, 15) is 15.2 Å². The zero-order valence-corrected chi connectivity index (χ0v) is 11.3. The van der Waals surface area contributed by atoms with E-state index in [1.807, 2.05) is 0 Å². The number of rotatable bonds is 4. The van der Waals surface area contributed by atoms with Crippen molar-refractivity contribution in [2.45, 2.75) is 0 Å². The molecule has 0 atom stereocenters. The third kappa shape index (κ3) is 3.54. The van der Waals surface area contributed by atoms with Gasteiger partial charge in [0.2, 0.25) is 0 Å². The number of furan rings is 1. The van der Waals surface area contributed by atoms with Crippen molar-refractivity contribution in [3.8, 4) is 17.1 Å². The van der Waals surface area contributed by atoms with Crippen molar-refractivity contribution in [1.29, 1.82) is 0 Å². The van der Waals surface area contributed by atoms with E-state index >= 15 is 0 Å². The summed E-state index contributed by atoms with van der Waals surface area (Å²) in [6.07, 6.45) is 1.33. The van der Waals surface area contributed by atoms with Crippen LogP contribution in [-0.2, 0) is 0 Å². The summed E-state index contributed by atoms with van der Waals surface area (Å²) >= 11 is 4.57. The molecule has 9 heteroatoms. The van der Waals surface area contributed by atoms with E-state index in [4.69, 9.17) is 10.2 Å². The lowest BCUT2D eigenvalue weighted by atomic mass is 10.1. The van der Waals surface area contributed by atoms with Gasteiger partial charge in [0.05, 0.1) is 16.7 Å². The fourth-order valence-corrected chi connectivity index (χ4v) is 1.61. The lowest BCUT2D eigenvalue weighted by Gasteiger charge is -2.00. The average molecular weight is 306 g/mol. The van der Waals surface area contributed by atoms with Crippen LogP contribution in [0.25, 0.3) is 11.3 Å². The Morgan fingerprint density at radius 2 is 2.24 bits per heavy atom. The highest BCUT2D eigenvalue weighted by molar-refractivity contribution is 7.80. The zero-order valence-electron chi connectivity index (χ0n) is 10.5. The molecule has 0 fully saturated rings. The van der Waals surface area contributed by atoms with Crippen molar-refractivity contribution >= 4 is 29.2 Å². The Morgan fingerprint density at radius 1 is 1.48 bits per heavy atom. The van der Waals surface area contributed by atoms with Crippen LogP contribution in [0.5, 0.6) is 5.75 Å². The van der Waals surface area contributed by atoms with Gasteiger partial charge < -0.3 is 15.3 Å². The maximum atomic E-state index is 10.7. The normalized spacial score (nSPS) is 10.7. The molecule has 0 aliphatic carbocycles. The number of nitro groups is 1. The van der Waals surface area contributed by atoms with Crippen LogP contribution in [0.3, 0.4) is 0 Å². The van der Waals surface area contributed by atoms with E-state index in [2.05, 4.69) is 22.7 Å². The van der Waals surface area contributed by atoms with Gasteiger partial charge in [0, 0.05) is 12.1 Å². The number of hydrogen-bond acceptors (Lipinski definition) is 6. The summed E-state index contributed by atoms with van der Waals surface area (Å²) in [5.74, 6) is 0.507. The topological polar surface area (TPSA) is 127 Å². The lowest BCUT2D eigenvalue weighted by Crippen LogP contribution is -2.23. The fraction of sp³-hybridized carbons (Fsp3) is 0. The van der Waals surface area contributed by atoms with Crippen molar-refractivity contribution in [3.63, 3.8) is 0 Å². The van der Waals surface area contributed by atoms with Gasteiger partial charge in [0.1, 0.15) is 17.3 Å². The molecule has 21 heavy (non-hydrogen) atoms. The number of nitro benzene ring substituents is 1. The fourth-order valence-electron chi connectivity index (χ4n) is 1.56. The molecule has 1 aromatic carbocycles. The standard InChI is InChI=1S/C12H10N4O4S/c13-12(21)15-14-6-8-2-4-11(20-8)9-5-7(16(18)19)1-3-10(9)17/h1-6,17H,(H3,13,15,21)/b14-6-. The van der Waals surface area contributed by atoms with E-state index in [0.717, 1.165) is 0 Å². The Hall–Kier alpha value is -2.94.